The summed E-state index contributed by atoms with van der Waals surface area (Å²) in [5.74, 6) is -1.40. The van der Waals surface area contributed by atoms with Gasteiger partial charge < -0.3 is 15.4 Å². The number of esters is 1. The van der Waals surface area contributed by atoms with Crippen molar-refractivity contribution in [2.45, 2.75) is 18.5 Å². The third kappa shape index (κ3) is 5.06. The van der Waals surface area contributed by atoms with Gasteiger partial charge in [-0.2, -0.15) is 0 Å². The number of nitrogens with one attached hydrogen (secondary N) is 2. The first-order valence-electron chi connectivity index (χ1n) is 11.1. The molecule has 1 atom stereocenters. The van der Waals surface area contributed by atoms with Gasteiger partial charge in [0.2, 0.25) is 5.91 Å². The molecule has 3 aromatic rings. The van der Waals surface area contributed by atoms with Crippen molar-refractivity contribution < 1.29 is 23.9 Å². The molecule has 0 radical (unpaired) electrons. The zero-order valence-electron chi connectivity index (χ0n) is 19.2. The molecule has 35 heavy (non-hydrogen) atoms. The molecule has 4 rings (SSSR count). The van der Waals surface area contributed by atoms with Crippen molar-refractivity contribution in [2.75, 3.05) is 13.7 Å². The molecule has 0 spiro atoms. The van der Waals surface area contributed by atoms with Crippen LogP contribution in [0.15, 0.2) is 84.9 Å². The zero-order valence-corrected chi connectivity index (χ0v) is 19.2. The number of amides is 4. The van der Waals surface area contributed by atoms with Crippen molar-refractivity contribution in [2.24, 2.45) is 0 Å². The second-order valence-electron chi connectivity index (χ2n) is 8.22. The third-order valence-electron chi connectivity index (χ3n) is 5.92. The van der Waals surface area contributed by atoms with Gasteiger partial charge in [-0.25, -0.2) is 9.59 Å². The van der Waals surface area contributed by atoms with E-state index in [1.54, 1.807) is 36.4 Å². The Hall–Kier alpha value is -4.46. The molecule has 0 aliphatic carbocycles. The van der Waals surface area contributed by atoms with Gasteiger partial charge in [-0.1, -0.05) is 72.8 Å². The van der Waals surface area contributed by atoms with Crippen LogP contribution >= 0.6 is 0 Å². The van der Waals surface area contributed by atoms with E-state index >= 15 is 0 Å². The zero-order chi connectivity index (χ0) is 24.8. The lowest BCUT2D eigenvalue weighted by atomic mass is 9.83. The first-order chi connectivity index (χ1) is 16.9. The molecule has 8 nitrogen and oxygen atoms in total. The summed E-state index contributed by atoms with van der Waals surface area (Å²) in [5.41, 5.74) is 1.38. The summed E-state index contributed by atoms with van der Waals surface area (Å²) in [5, 5.41) is 5.56. The van der Waals surface area contributed by atoms with Gasteiger partial charge in [-0.15, -0.1) is 0 Å². The standard InChI is InChI=1S/C27H25N3O5/c1-35-24(32)21-14-12-20(13-15-21)17-28-23(31)18-30-25(33)27(29-26(30)34,22-10-6-3-7-11-22)16-19-8-4-2-5-9-19/h2-15H,16-18H2,1H3,(H,28,31)(H,29,34)/t27-/m1/s1. The minimum absolute atomic E-state index is 0.178. The molecule has 3 aromatic carbocycles. The van der Waals surface area contributed by atoms with Gasteiger partial charge in [0.05, 0.1) is 12.7 Å². The van der Waals surface area contributed by atoms with Gasteiger partial charge in [-0.05, 0) is 28.8 Å². The maximum atomic E-state index is 13.6. The van der Waals surface area contributed by atoms with E-state index in [1.807, 2.05) is 48.5 Å². The van der Waals surface area contributed by atoms with Crippen LogP contribution in [-0.4, -0.2) is 42.4 Å². The molecule has 2 N–H and O–H groups in total. The topological polar surface area (TPSA) is 105 Å². The van der Waals surface area contributed by atoms with Crippen LogP contribution in [0.2, 0.25) is 0 Å². The molecular weight excluding hydrogens is 446 g/mol. The molecule has 1 aliphatic rings. The highest BCUT2D eigenvalue weighted by Gasteiger charge is 2.52. The number of urea groups is 1. The lowest BCUT2D eigenvalue weighted by Gasteiger charge is -2.27. The van der Waals surface area contributed by atoms with E-state index in [0.717, 1.165) is 16.0 Å². The van der Waals surface area contributed by atoms with E-state index in [2.05, 4.69) is 15.4 Å². The maximum Gasteiger partial charge on any atom is 0.337 e. The smallest absolute Gasteiger partial charge is 0.337 e. The van der Waals surface area contributed by atoms with Crippen LogP contribution in [-0.2, 0) is 32.8 Å². The van der Waals surface area contributed by atoms with Gasteiger partial charge in [0.15, 0.2) is 5.54 Å². The molecule has 1 aliphatic heterocycles. The molecule has 0 bridgehead atoms. The molecule has 178 valence electrons. The van der Waals surface area contributed by atoms with Crippen molar-refractivity contribution in [3.05, 3.63) is 107 Å². The monoisotopic (exact) mass is 471 g/mol. The first-order valence-corrected chi connectivity index (χ1v) is 11.1. The SMILES string of the molecule is COC(=O)c1ccc(CNC(=O)CN2C(=O)N[C@](Cc3ccccc3)(c3ccccc3)C2=O)cc1. The lowest BCUT2D eigenvalue weighted by molar-refractivity contribution is -0.135. The van der Waals surface area contributed by atoms with E-state index in [9.17, 15) is 19.2 Å². The molecule has 0 saturated carbocycles. The highest BCUT2D eigenvalue weighted by Crippen LogP contribution is 2.32. The summed E-state index contributed by atoms with van der Waals surface area (Å²) in [4.78, 5) is 51.6. The normalized spacial score (nSPS) is 17.1. The van der Waals surface area contributed by atoms with Gasteiger partial charge in [-0.3, -0.25) is 14.5 Å². The highest BCUT2D eigenvalue weighted by atomic mass is 16.5. The van der Waals surface area contributed by atoms with Crippen LogP contribution in [0.3, 0.4) is 0 Å². The van der Waals surface area contributed by atoms with Crippen molar-refractivity contribution in [1.82, 2.24) is 15.5 Å². The quantitative estimate of drug-likeness (QED) is 0.388. The number of carbonyl (C=O) groups excluding carboxylic acids is 4. The lowest BCUT2D eigenvalue weighted by Crippen LogP contribution is -2.46. The fraction of sp³-hybridized carbons (Fsp3) is 0.185. The number of nitrogens with zero attached hydrogens (tertiary/aromatic N) is 1. The Bertz CT molecular complexity index is 1230. The molecule has 0 unspecified atom stereocenters. The molecule has 1 saturated heterocycles. The van der Waals surface area contributed by atoms with Gasteiger partial charge >= 0.3 is 12.0 Å². The van der Waals surface area contributed by atoms with Crippen LogP contribution in [0.5, 0.6) is 0 Å². The van der Waals surface area contributed by atoms with E-state index in [0.29, 0.717) is 11.1 Å². The van der Waals surface area contributed by atoms with Crippen LogP contribution in [0, 0.1) is 0 Å². The van der Waals surface area contributed by atoms with Crippen molar-refractivity contribution in [3.63, 3.8) is 0 Å². The number of imide groups is 1. The van der Waals surface area contributed by atoms with Crippen LogP contribution in [0.25, 0.3) is 0 Å². The van der Waals surface area contributed by atoms with E-state index in [1.165, 1.54) is 7.11 Å². The molecule has 4 amide bonds. The minimum Gasteiger partial charge on any atom is -0.465 e. The summed E-state index contributed by atoms with van der Waals surface area (Å²) >= 11 is 0. The number of hydrogen-bond donors (Lipinski definition) is 2. The number of rotatable bonds is 8. The second-order valence-corrected chi connectivity index (χ2v) is 8.22. The molecule has 0 aromatic heterocycles. The molecule has 8 heteroatoms. The number of benzene rings is 3. The summed E-state index contributed by atoms with van der Waals surface area (Å²) in [7, 11) is 1.30. The largest absolute Gasteiger partial charge is 0.465 e. The van der Waals surface area contributed by atoms with Crippen molar-refractivity contribution in [3.8, 4) is 0 Å². The average Bonchev–Trinajstić information content (AvgIpc) is 3.13. The predicted octanol–water partition coefficient (Wildman–Crippen LogP) is 2.78. The van der Waals surface area contributed by atoms with E-state index < -0.39 is 35.9 Å². The van der Waals surface area contributed by atoms with Gasteiger partial charge in [0, 0.05) is 13.0 Å². The second kappa shape index (κ2) is 10.2. The number of carbonyl (C=O) groups is 4. The van der Waals surface area contributed by atoms with Gasteiger partial charge in [0.1, 0.15) is 6.54 Å². The van der Waals surface area contributed by atoms with Crippen LogP contribution in [0.1, 0.15) is 27.0 Å². The molecule has 1 fully saturated rings. The fourth-order valence-electron chi connectivity index (χ4n) is 4.09. The summed E-state index contributed by atoms with van der Waals surface area (Å²) in [6.45, 7) is -0.230. The third-order valence-corrected chi connectivity index (χ3v) is 5.92. The Morgan fingerprint density at radius 2 is 1.51 bits per heavy atom. The average molecular weight is 472 g/mol. The van der Waals surface area contributed by atoms with Crippen molar-refractivity contribution in [1.29, 1.82) is 0 Å². The minimum atomic E-state index is -1.30. The number of hydrogen-bond acceptors (Lipinski definition) is 5. The maximum absolute atomic E-state index is 13.6. The molecular formula is C27H25N3O5. The Morgan fingerprint density at radius 3 is 2.14 bits per heavy atom. The Balaban J connectivity index is 1.47. The summed E-state index contributed by atoms with van der Waals surface area (Å²) < 4.78 is 4.67. The van der Waals surface area contributed by atoms with Gasteiger partial charge in [0.25, 0.3) is 5.91 Å². The van der Waals surface area contributed by atoms with Crippen molar-refractivity contribution >= 4 is 23.8 Å². The van der Waals surface area contributed by atoms with E-state index in [-0.39, 0.29) is 13.0 Å². The van der Waals surface area contributed by atoms with E-state index in [4.69, 9.17) is 0 Å². The first kappa shape index (κ1) is 23.7. The summed E-state index contributed by atoms with van der Waals surface area (Å²) in [6.07, 6.45) is 0.257. The van der Waals surface area contributed by atoms with Crippen LogP contribution < -0.4 is 10.6 Å². The number of methoxy groups -OCH3 is 1. The Morgan fingerprint density at radius 1 is 0.886 bits per heavy atom. The fourth-order valence-corrected chi connectivity index (χ4v) is 4.09. The molecule has 1 heterocycles. The Labute approximate surface area is 202 Å². The predicted molar refractivity (Wildman–Crippen MR) is 128 cm³/mol. The number of ether oxygens (including phenoxy) is 1. The Kier molecular flexibility index (Phi) is 6.91. The summed E-state index contributed by atoms with van der Waals surface area (Å²) in [6, 6.07) is 24.4. The highest BCUT2D eigenvalue weighted by molar-refractivity contribution is 6.09. The van der Waals surface area contributed by atoms with Crippen LogP contribution in [0.4, 0.5) is 4.79 Å².